The van der Waals surface area contributed by atoms with E-state index >= 15 is 0 Å². The summed E-state index contributed by atoms with van der Waals surface area (Å²) in [6.07, 6.45) is 1.55. The van der Waals surface area contributed by atoms with Crippen LogP contribution in [0.5, 0.6) is 5.75 Å². The van der Waals surface area contributed by atoms with Gasteiger partial charge in [0.25, 0.3) is 0 Å². The molecule has 0 saturated heterocycles. The lowest BCUT2D eigenvalue weighted by molar-refractivity contribution is 0.475. The third-order valence-corrected chi connectivity index (χ3v) is 2.08. The fourth-order valence-electron chi connectivity index (χ4n) is 1.36. The Labute approximate surface area is 87.2 Å². The molecule has 1 aromatic carbocycles. The standard InChI is InChI=1S/C11H11N3O/c12-8-5-10(13)11(14-6-8)7-1-3-9(15)4-2-7/h1-6,15H,12-13H2. The summed E-state index contributed by atoms with van der Waals surface area (Å²) >= 11 is 0. The average Bonchev–Trinajstić information content (AvgIpc) is 2.20. The van der Waals surface area contributed by atoms with Crippen molar-refractivity contribution in [2.75, 3.05) is 11.5 Å². The van der Waals surface area contributed by atoms with Gasteiger partial charge in [-0.25, -0.2) is 0 Å². The maximum atomic E-state index is 9.15. The first-order valence-corrected chi connectivity index (χ1v) is 4.47. The van der Waals surface area contributed by atoms with Crippen LogP contribution in [0.1, 0.15) is 0 Å². The van der Waals surface area contributed by atoms with Gasteiger partial charge in [0.2, 0.25) is 0 Å². The van der Waals surface area contributed by atoms with E-state index in [2.05, 4.69) is 4.98 Å². The van der Waals surface area contributed by atoms with E-state index in [4.69, 9.17) is 16.6 Å². The molecule has 0 bridgehead atoms. The summed E-state index contributed by atoms with van der Waals surface area (Å²) in [5.74, 6) is 0.216. The molecule has 1 heterocycles. The zero-order valence-corrected chi connectivity index (χ0v) is 8.01. The zero-order chi connectivity index (χ0) is 10.8. The summed E-state index contributed by atoms with van der Waals surface area (Å²) in [7, 11) is 0. The van der Waals surface area contributed by atoms with Crippen molar-refractivity contribution in [3.05, 3.63) is 36.5 Å². The maximum Gasteiger partial charge on any atom is 0.115 e. The molecule has 0 fully saturated rings. The molecular weight excluding hydrogens is 190 g/mol. The van der Waals surface area contributed by atoms with Crippen LogP contribution in [0.25, 0.3) is 11.3 Å². The third kappa shape index (κ3) is 1.83. The molecule has 5 N–H and O–H groups in total. The number of hydrogen-bond donors (Lipinski definition) is 3. The van der Waals surface area contributed by atoms with Crippen LogP contribution in [0.4, 0.5) is 11.4 Å². The van der Waals surface area contributed by atoms with E-state index in [1.807, 2.05) is 0 Å². The Morgan fingerprint density at radius 2 is 1.73 bits per heavy atom. The largest absolute Gasteiger partial charge is 0.508 e. The first kappa shape index (κ1) is 9.33. The summed E-state index contributed by atoms with van der Waals surface area (Å²) < 4.78 is 0. The van der Waals surface area contributed by atoms with Crippen LogP contribution in [0, 0.1) is 0 Å². The Hall–Kier alpha value is -2.23. The van der Waals surface area contributed by atoms with Gasteiger partial charge in [0.15, 0.2) is 0 Å². The normalized spacial score (nSPS) is 10.1. The van der Waals surface area contributed by atoms with Crippen molar-refractivity contribution in [1.29, 1.82) is 0 Å². The molecule has 0 spiro atoms. The maximum absolute atomic E-state index is 9.15. The molecule has 1 aromatic heterocycles. The number of phenols is 1. The molecule has 76 valence electrons. The minimum absolute atomic E-state index is 0.216. The van der Waals surface area contributed by atoms with Crippen molar-refractivity contribution in [2.24, 2.45) is 0 Å². The van der Waals surface area contributed by atoms with Crippen LogP contribution in [-0.4, -0.2) is 10.1 Å². The second-order valence-corrected chi connectivity index (χ2v) is 3.25. The summed E-state index contributed by atoms with van der Waals surface area (Å²) in [5, 5.41) is 9.15. The summed E-state index contributed by atoms with van der Waals surface area (Å²) in [4.78, 5) is 4.15. The van der Waals surface area contributed by atoms with Gasteiger partial charge >= 0.3 is 0 Å². The van der Waals surface area contributed by atoms with E-state index in [0.717, 1.165) is 5.56 Å². The molecule has 0 saturated carbocycles. The highest BCUT2D eigenvalue weighted by molar-refractivity contribution is 5.74. The van der Waals surface area contributed by atoms with Gasteiger partial charge in [0, 0.05) is 5.56 Å². The van der Waals surface area contributed by atoms with Crippen molar-refractivity contribution >= 4 is 11.4 Å². The van der Waals surface area contributed by atoms with E-state index in [0.29, 0.717) is 17.1 Å². The number of benzene rings is 1. The first-order chi connectivity index (χ1) is 7.16. The van der Waals surface area contributed by atoms with Gasteiger partial charge < -0.3 is 16.6 Å². The molecule has 2 aromatic rings. The van der Waals surface area contributed by atoms with Gasteiger partial charge in [0.1, 0.15) is 5.75 Å². The summed E-state index contributed by atoms with van der Waals surface area (Å²) in [6, 6.07) is 8.35. The van der Waals surface area contributed by atoms with Gasteiger partial charge in [0.05, 0.1) is 23.3 Å². The van der Waals surface area contributed by atoms with Gasteiger partial charge in [-0.15, -0.1) is 0 Å². The third-order valence-electron chi connectivity index (χ3n) is 2.08. The lowest BCUT2D eigenvalue weighted by atomic mass is 10.1. The van der Waals surface area contributed by atoms with Crippen LogP contribution in [0.15, 0.2) is 36.5 Å². The number of rotatable bonds is 1. The van der Waals surface area contributed by atoms with Crippen LogP contribution < -0.4 is 11.5 Å². The predicted molar refractivity (Wildman–Crippen MR) is 60.2 cm³/mol. The van der Waals surface area contributed by atoms with E-state index in [9.17, 15) is 0 Å². The van der Waals surface area contributed by atoms with Gasteiger partial charge in [-0.2, -0.15) is 0 Å². The van der Waals surface area contributed by atoms with Crippen molar-refractivity contribution in [2.45, 2.75) is 0 Å². The van der Waals surface area contributed by atoms with Crippen LogP contribution in [-0.2, 0) is 0 Å². The first-order valence-electron chi connectivity index (χ1n) is 4.47. The van der Waals surface area contributed by atoms with Crippen molar-refractivity contribution in [3.8, 4) is 17.0 Å². The molecule has 4 nitrogen and oxygen atoms in total. The molecule has 0 amide bonds. The number of hydrogen-bond acceptors (Lipinski definition) is 4. The van der Waals surface area contributed by atoms with E-state index in [-0.39, 0.29) is 5.75 Å². The number of phenolic OH excluding ortho intramolecular Hbond substituents is 1. The smallest absolute Gasteiger partial charge is 0.115 e. The number of aromatic hydroxyl groups is 1. The number of anilines is 2. The number of pyridine rings is 1. The topological polar surface area (TPSA) is 85.2 Å². The highest BCUT2D eigenvalue weighted by Gasteiger charge is 2.04. The summed E-state index contributed by atoms with van der Waals surface area (Å²) in [5.41, 5.74) is 13.9. The molecule has 0 aliphatic heterocycles. The SMILES string of the molecule is Nc1cnc(-c2ccc(O)cc2)c(N)c1. The van der Waals surface area contributed by atoms with E-state index < -0.39 is 0 Å². The monoisotopic (exact) mass is 201 g/mol. The average molecular weight is 201 g/mol. The Balaban J connectivity index is 2.49. The van der Waals surface area contributed by atoms with Gasteiger partial charge in [-0.3, -0.25) is 4.98 Å². The van der Waals surface area contributed by atoms with Crippen LogP contribution >= 0.6 is 0 Å². The fraction of sp³-hybridized carbons (Fsp3) is 0. The Kier molecular flexibility index (Phi) is 2.17. The lowest BCUT2D eigenvalue weighted by Gasteiger charge is -2.05. The molecule has 0 atom stereocenters. The van der Waals surface area contributed by atoms with E-state index in [1.54, 1.807) is 36.5 Å². The van der Waals surface area contributed by atoms with Crippen molar-refractivity contribution in [3.63, 3.8) is 0 Å². The zero-order valence-electron chi connectivity index (χ0n) is 8.01. The quantitative estimate of drug-likeness (QED) is 0.654. The molecule has 0 aliphatic carbocycles. The Morgan fingerprint density at radius 1 is 1.07 bits per heavy atom. The Bertz CT molecular complexity index is 480. The lowest BCUT2D eigenvalue weighted by Crippen LogP contribution is -1.96. The molecule has 0 unspecified atom stereocenters. The molecule has 0 radical (unpaired) electrons. The highest BCUT2D eigenvalue weighted by Crippen LogP contribution is 2.26. The number of nitrogen functional groups attached to an aromatic ring is 2. The minimum atomic E-state index is 0.216. The van der Waals surface area contributed by atoms with Gasteiger partial charge in [-0.05, 0) is 30.3 Å². The molecular formula is C11H11N3O. The molecule has 2 rings (SSSR count). The second kappa shape index (κ2) is 3.49. The number of aromatic nitrogens is 1. The van der Waals surface area contributed by atoms with Crippen molar-refractivity contribution < 1.29 is 5.11 Å². The van der Waals surface area contributed by atoms with Crippen LogP contribution in [0.2, 0.25) is 0 Å². The van der Waals surface area contributed by atoms with Crippen LogP contribution in [0.3, 0.4) is 0 Å². The minimum Gasteiger partial charge on any atom is -0.508 e. The molecule has 4 heteroatoms. The second-order valence-electron chi connectivity index (χ2n) is 3.25. The Morgan fingerprint density at radius 3 is 2.33 bits per heavy atom. The number of nitrogens with two attached hydrogens (primary N) is 2. The van der Waals surface area contributed by atoms with Crippen molar-refractivity contribution in [1.82, 2.24) is 4.98 Å². The molecule has 0 aliphatic rings. The van der Waals surface area contributed by atoms with Gasteiger partial charge in [-0.1, -0.05) is 0 Å². The molecule has 15 heavy (non-hydrogen) atoms. The highest BCUT2D eigenvalue weighted by atomic mass is 16.3. The fourth-order valence-corrected chi connectivity index (χ4v) is 1.36. The predicted octanol–water partition coefficient (Wildman–Crippen LogP) is 1.62. The summed E-state index contributed by atoms with van der Waals surface area (Å²) in [6.45, 7) is 0. The number of nitrogens with zero attached hydrogens (tertiary/aromatic N) is 1. The van der Waals surface area contributed by atoms with E-state index in [1.165, 1.54) is 0 Å².